The molecule has 4 aromatic rings. The van der Waals surface area contributed by atoms with E-state index >= 15 is 0 Å². The van der Waals surface area contributed by atoms with Crippen LogP contribution in [0.25, 0.3) is 11.0 Å². The van der Waals surface area contributed by atoms with E-state index in [2.05, 4.69) is 26.5 Å². The van der Waals surface area contributed by atoms with Gasteiger partial charge in [0, 0.05) is 63.9 Å². The molecule has 64 heavy (non-hydrogen) atoms. The Morgan fingerprint density at radius 3 is 2.25 bits per heavy atom. The number of amides is 5. The molecule has 0 radical (unpaired) electrons. The molecule has 3 aliphatic heterocycles. The van der Waals surface area contributed by atoms with Crippen LogP contribution in [0.1, 0.15) is 112 Å². The first-order valence-corrected chi connectivity index (χ1v) is 22.4. The van der Waals surface area contributed by atoms with Gasteiger partial charge in [-0.2, -0.15) is 13.2 Å². The van der Waals surface area contributed by atoms with Crippen molar-refractivity contribution in [2.75, 3.05) is 44.6 Å². The lowest BCUT2D eigenvalue weighted by molar-refractivity contribution is -0.138. The van der Waals surface area contributed by atoms with Crippen LogP contribution < -0.4 is 15.4 Å². The molecule has 2 aliphatic carbocycles. The SMILES string of the molecule is O=C1CCC(N2C(=O)c3ccc(OC4CCC(CN5CCN(Cc6ccc7c(c6)nc(NC(=O)c6cccc(C(F)(F)F)c6)n7C6CCC(CO)CC6)CC5)CC4)cc3C2=O)C(=O)N1. The van der Waals surface area contributed by atoms with Crippen LogP contribution in [0.4, 0.5) is 19.1 Å². The Labute approximate surface area is 368 Å². The number of hydrogen-bond acceptors (Lipinski definition) is 10. The van der Waals surface area contributed by atoms with E-state index in [0.29, 0.717) is 23.1 Å². The second-order valence-corrected chi connectivity index (χ2v) is 18.0. The van der Waals surface area contributed by atoms with Crippen LogP contribution in [-0.2, 0) is 22.3 Å². The first-order chi connectivity index (χ1) is 30.8. The highest BCUT2D eigenvalue weighted by molar-refractivity contribution is 6.23. The Balaban J connectivity index is 0.773. The third-order valence-corrected chi connectivity index (χ3v) is 13.8. The van der Waals surface area contributed by atoms with Gasteiger partial charge in [-0.05, 0) is 124 Å². The summed E-state index contributed by atoms with van der Waals surface area (Å²) in [5, 5.41) is 14.8. The van der Waals surface area contributed by atoms with Crippen molar-refractivity contribution in [3.8, 4) is 5.75 Å². The van der Waals surface area contributed by atoms with Crippen LogP contribution in [0.2, 0.25) is 0 Å². The number of nitrogens with one attached hydrogen (secondary N) is 2. The van der Waals surface area contributed by atoms with E-state index in [1.54, 1.807) is 18.2 Å². The fourth-order valence-electron chi connectivity index (χ4n) is 10.2. The smallest absolute Gasteiger partial charge is 0.416 e. The summed E-state index contributed by atoms with van der Waals surface area (Å²) in [6.07, 6.45) is 2.54. The number of benzene rings is 3. The van der Waals surface area contributed by atoms with Crippen molar-refractivity contribution in [1.82, 2.24) is 29.6 Å². The lowest BCUT2D eigenvalue weighted by Crippen LogP contribution is -2.54. The van der Waals surface area contributed by atoms with E-state index in [0.717, 1.165) is 119 Å². The maximum absolute atomic E-state index is 13.4. The summed E-state index contributed by atoms with van der Waals surface area (Å²) >= 11 is 0. The molecule has 4 fully saturated rings. The maximum atomic E-state index is 13.4. The number of piperazine rings is 1. The summed E-state index contributed by atoms with van der Waals surface area (Å²) in [7, 11) is 0. The molecule has 5 aliphatic rings. The van der Waals surface area contributed by atoms with Gasteiger partial charge in [-0.25, -0.2) is 4.98 Å². The number of aliphatic hydroxyl groups is 1. The van der Waals surface area contributed by atoms with Crippen molar-refractivity contribution in [3.05, 3.63) is 88.5 Å². The monoisotopic (exact) mass is 883 g/mol. The fourth-order valence-corrected chi connectivity index (χ4v) is 10.2. The summed E-state index contributed by atoms with van der Waals surface area (Å²) in [4.78, 5) is 74.5. The molecule has 9 rings (SSSR count). The minimum Gasteiger partial charge on any atom is -0.490 e. The topological polar surface area (TPSA) is 166 Å². The highest BCUT2D eigenvalue weighted by Gasteiger charge is 2.45. The number of imidazole rings is 1. The van der Waals surface area contributed by atoms with Gasteiger partial charge < -0.3 is 19.3 Å². The molecule has 0 spiro atoms. The van der Waals surface area contributed by atoms with Gasteiger partial charge in [-0.3, -0.25) is 44.4 Å². The number of aliphatic hydroxyl groups excluding tert-OH is 1. The molecule has 5 amide bonds. The number of aromatic nitrogens is 2. The van der Waals surface area contributed by atoms with Gasteiger partial charge in [0.1, 0.15) is 11.8 Å². The Bertz CT molecular complexity index is 2450. The first kappa shape index (κ1) is 43.6. The fraction of sp³-hybridized carbons (Fsp3) is 0.489. The Morgan fingerprint density at radius 2 is 1.53 bits per heavy atom. The second-order valence-electron chi connectivity index (χ2n) is 18.0. The van der Waals surface area contributed by atoms with Crippen LogP contribution in [0.15, 0.2) is 60.7 Å². The zero-order valence-electron chi connectivity index (χ0n) is 35.4. The number of carbonyl (C=O) groups excluding carboxylic acids is 5. The van der Waals surface area contributed by atoms with Crippen molar-refractivity contribution in [2.45, 2.75) is 95.1 Å². The van der Waals surface area contributed by atoms with Crippen molar-refractivity contribution in [2.24, 2.45) is 11.8 Å². The van der Waals surface area contributed by atoms with Crippen molar-refractivity contribution in [1.29, 1.82) is 0 Å². The number of halogens is 3. The molecule has 1 aromatic heterocycles. The van der Waals surface area contributed by atoms with E-state index in [4.69, 9.17) is 9.72 Å². The molecule has 2 saturated carbocycles. The molecule has 2 saturated heterocycles. The minimum absolute atomic E-state index is 0.0115. The summed E-state index contributed by atoms with van der Waals surface area (Å²) in [5.74, 6) is -1.25. The summed E-state index contributed by atoms with van der Waals surface area (Å²) in [6, 6.07) is 14.4. The van der Waals surface area contributed by atoms with Crippen LogP contribution in [0, 0.1) is 11.8 Å². The zero-order chi connectivity index (χ0) is 44.7. The predicted octanol–water partition coefficient (Wildman–Crippen LogP) is 6.19. The molecule has 3 N–H and O–H groups in total. The van der Waals surface area contributed by atoms with Crippen LogP contribution in [0.3, 0.4) is 0 Å². The molecule has 4 heterocycles. The molecule has 0 bridgehead atoms. The number of imide groups is 2. The largest absolute Gasteiger partial charge is 0.490 e. The molecule has 14 nitrogen and oxygen atoms in total. The standard InChI is InChI=1S/C47H52F3N7O7/c48-47(49,50)32-3-1-2-31(23-32)42(60)53-46-51-38-22-30(8-15-39(38)56(46)33-9-4-29(27-58)5-10-33)26-55-20-18-54(19-21-55)25-28-6-11-34(12-7-28)64-35-13-14-36-37(24-35)45(63)57(44(36)62)40-16-17-41(59)52-43(40)61/h1-3,8,13-15,22-24,28-29,33-34,40,58H,4-7,9-12,16-21,25-27H2,(H,51,53,60)(H,52,59,61). The second kappa shape index (κ2) is 18.1. The summed E-state index contributed by atoms with van der Waals surface area (Å²) in [6.45, 7) is 5.53. The number of nitrogens with zero attached hydrogens (tertiary/aromatic N) is 5. The summed E-state index contributed by atoms with van der Waals surface area (Å²) < 4.78 is 48.7. The predicted molar refractivity (Wildman–Crippen MR) is 228 cm³/mol. The van der Waals surface area contributed by atoms with Crippen LogP contribution in [-0.4, -0.2) is 110 Å². The van der Waals surface area contributed by atoms with Gasteiger partial charge in [-0.1, -0.05) is 12.1 Å². The van der Waals surface area contributed by atoms with Gasteiger partial charge in [-0.15, -0.1) is 0 Å². The Morgan fingerprint density at radius 1 is 0.812 bits per heavy atom. The number of hydrogen-bond donors (Lipinski definition) is 3. The van der Waals surface area contributed by atoms with E-state index < -0.39 is 47.3 Å². The van der Waals surface area contributed by atoms with Crippen molar-refractivity contribution < 1.29 is 47.0 Å². The zero-order valence-corrected chi connectivity index (χ0v) is 35.4. The van der Waals surface area contributed by atoms with Gasteiger partial charge in [0.15, 0.2) is 0 Å². The van der Waals surface area contributed by atoms with Gasteiger partial charge in [0.2, 0.25) is 17.8 Å². The van der Waals surface area contributed by atoms with Gasteiger partial charge in [0.05, 0.1) is 33.8 Å². The van der Waals surface area contributed by atoms with E-state index in [1.165, 1.54) is 12.1 Å². The number of rotatable bonds is 11. The molecule has 3 aromatic carbocycles. The van der Waals surface area contributed by atoms with E-state index in [1.807, 2.05) is 16.7 Å². The number of alkyl halides is 3. The van der Waals surface area contributed by atoms with Gasteiger partial charge in [0.25, 0.3) is 17.7 Å². The lowest BCUT2D eigenvalue weighted by atomic mass is 9.86. The average Bonchev–Trinajstić information content (AvgIpc) is 3.76. The molecule has 1 unspecified atom stereocenters. The molecule has 1 atom stereocenters. The van der Waals surface area contributed by atoms with E-state index in [9.17, 15) is 42.3 Å². The normalized spacial score (nSPS) is 24.8. The average molecular weight is 884 g/mol. The first-order valence-electron chi connectivity index (χ1n) is 22.4. The number of ether oxygens (including phenoxy) is 1. The molecule has 17 heteroatoms. The van der Waals surface area contributed by atoms with Crippen molar-refractivity contribution >= 4 is 46.5 Å². The Hall–Kier alpha value is -5.65. The quantitative estimate of drug-likeness (QED) is 0.148. The molecular formula is C47H52F3N7O7. The number of piperidine rings is 1. The Kier molecular flexibility index (Phi) is 12.3. The maximum Gasteiger partial charge on any atom is 0.416 e. The van der Waals surface area contributed by atoms with E-state index in [-0.39, 0.29) is 54.2 Å². The van der Waals surface area contributed by atoms with Gasteiger partial charge >= 0.3 is 6.18 Å². The highest BCUT2D eigenvalue weighted by Crippen LogP contribution is 2.38. The third kappa shape index (κ3) is 9.15. The third-order valence-electron chi connectivity index (χ3n) is 13.8. The molecule has 338 valence electrons. The van der Waals surface area contributed by atoms with Crippen LogP contribution >= 0.6 is 0 Å². The summed E-state index contributed by atoms with van der Waals surface area (Å²) in [5.41, 5.74) is 2.07. The lowest BCUT2D eigenvalue weighted by Gasteiger charge is -2.38. The highest BCUT2D eigenvalue weighted by atomic mass is 19.4. The number of anilines is 1. The molecular weight excluding hydrogens is 832 g/mol. The van der Waals surface area contributed by atoms with Crippen molar-refractivity contribution in [3.63, 3.8) is 0 Å². The number of carbonyl (C=O) groups is 5. The minimum atomic E-state index is -4.58. The van der Waals surface area contributed by atoms with Crippen LogP contribution in [0.5, 0.6) is 5.75 Å². The number of fused-ring (bicyclic) bond motifs is 2.